The fraction of sp³-hybridized carbons (Fsp3) is 0.846. The summed E-state index contributed by atoms with van der Waals surface area (Å²) in [7, 11) is 0. The van der Waals surface area contributed by atoms with Crippen molar-refractivity contribution >= 4 is 12.0 Å². The van der Waals surface area contributed by atoms with E-state index < -0.39 is 18.0 Å². The van der Waals surface area contributed by atoms with E-state index in [1.807, 2.05) is 0 Å². The molecule has 0 saturated carbocycles. The van der Waals surface area contributed by atoms with E-state index >= 15 is 0 Å². The van der Waals surface area contributed by atoms with Crippen LogP contribution in [0.3, 0.4) is 0 Å². The summed E-state index contributed by atoms with van der Waals surface area (Å²) in [5.74, 6) is -1.11. The summed E-state index contributed by atoms with van der Waals surface area (Å²) in [5, 5.41) is 30.8. The van der Waals surface area contributed by atoms with Crippen molar-refractivity contribution < 1.29 is 24.9 Å². The summed E-state index contributed by atoms with van der Waals surface area (Å²) in [6, 6.07) is -0.184. The van der Waals surface area contributed by atoms with Gasteiger partial charge in [0.2, 0.25) is 0 Å². The van der Waals surface area contributed by atoms with E-state index in [1.165, 1.54) is 6.92 Å². The highest BCUT2D eigenvalue weighted by Gasteiger charge is 2.43. The van der Waals surface area contributed by atoms with Crippen molar-refractivity contribution in [2.24, 2.45) is 0 Å². The molecule has 2 aliphatic rings. The van der Waals surface area contributed by atoms with E-state index in [2.05, 4.69) is 5.32 Å². The Morgan fingerprint density at radius 2 is 1.85 bits per heavy atom. The summed E-state index contributed by atoms with van der Waals surface area (Å²) in [6.07, 6.45) is 2.21. The van der Waals surface area contributed by atoms with Crippen molar-refractivity contribution in [3.05, 3.63) is 0 Å². The summed E-state index contributed by atoms with van der Waals surface area (Å²) in [5.41, 5.74) is -1.46. The topological polar surface area (TPSA) is 110 Å². The van der Waals surface area contributed by atoms with Crippen molar-refractivity contribution in [2.75, 3.05) is 6.54 Å². The average molecular weight is 286 g/mol. The van der Waals surface area contributed by atoms with Crippen LogP contribution >= 0.6 is 0 Å². The lowest BCUT2D eigenvalue weighted by atomic mass is 10.00. The number of nitrogens with one attached hydrogen (secondary N) is 1. The lowest BCUT2D eigenvalue weighted by molar-refractivity contribution is -0.141. The van der Waals surface area contributed by atoms with Gasteiger partial charge in [0.15, 0.2) is 0 Å². The number of aliphatic hydroxyl groups is 2. The van der Waals surface area contributed by atoms with Crippen LogP contribution in [-0.4, -0.2) is 62.6 Å². The van der Waals surface area contributed by atoms with E-state index in [0.717, 1.165) is 12.8 Å². The summed E-state index contributed by atoms with van der Waals surface area (Å²) < 4.78 is 0. The molecular weight excluding hydrogens is 264 g/mol. The van der Waals surface area contributed by atoms with Gasteiger partial charge in [-0.1, -0.05) is 0 Å². The van der Waals surface area contributed by atoms with Gasteiger partial charge in [-0.05, 0) is 32.6 Å². The Balaban J connectivity index is 1.88. The van der Waals surface area contributed by atoms with Gasteiger partial charge in [0, 0.05) is 18.6 Å². The first kappa shape index (κ1) is 15.1. The Hall–Kier alpha value is -1.34. The number of hydrogen-bond acceptors (Lipinski definition) is 4. The maximum absolute atomic E-state index is 12.2. The van der Waals surface area contributed by atoms with E-state index in [1.54, 1.807) is 4.90 Å². The number of hydrogen-bond donors (Lipinski definition) is 4. The lowest BCUT2D eigenvalue weighted by Crippen LogP contribution is -2.54. The van der Waals surface area contributed by atoms with Crippen molar-refractivity contribution in [1.29, 1.82) is 0 Å². The first-order chi connectivity index (χ1) is 9.28. The second-order valence-corrected chi connectivity index (χ2v) is 6.14. The Morgan fingerprint density at radius 3 is 2.35 bits per heavy atom. The Labute approximate surface area is 117 Å². The average Bonchev–Trinajstić information content (AvgIpc) is 2.57. The van der Waals surface area contributed by atoms with Crippen LogP contribution in [0.2, 0.25) is 0 Å². The van der Waals surface area contributed by atoms with E-state index in [9.17, 15) is 19.8 Å². The zero-order valence-corrected chi connectivity index (χ0v) is 11.6. The minimum absolute atomic E-state index is 0.0492. The maximum Gasteiger partial charge on any atom is 0.318 e. The number of nitrogens with zero attached hydrogens (tertiary/aromatic N) is 1. The van der Waals surface area contributed by atoms with Gasteiger partial charge in [0.25, 0.3) is 0 Å². The molecule has 2 rings (SSSR count). The SMILES string of the molecule is CC(O)(CNC(=O)N1C2CCC1CC(O)C2)CC(=O)O. The molecule has 0 radical (unpaired) electrons. The molecular formula is C13H22N2O5. The fourth-order valence-corrected chi connectivity index (χ4v) is 3.23. The molecule has 2 saturated heterocycles. The van der Waals surface area contributed by atoms with Crippen LogP contribution in [0.4, 0.5) is 4.79 Å². The lowest BCUT2D eigenvalue weighted by Gasteiger charge is -2.37. The van der Waals surface area contributed by atoms with Crippen LogP contribution in [-0.2, 0) is 4.79 Å². The normalized spacial score (nSPS) is 31.8. The van der Waals surface area contributed by atoms with Gasteiger partial charge in [0.05, 0.1) is 18.1 Å². The zero-order valence-electron chi connectivity index (χ0n) is 11.6. The molecule has 0 aromatic heterocycles. The molecule has 3 atom stereocenters. The second-order valence-electron chi connectivity index (χ2n) is 6.14. The van der Waals surface area contributed by atoms with Gasteiger partial charge in [-0.2, -0.15) is 0 Å². The number of carbonyl (C=O) groups is 2. The van der Waals surface area contributed by atoms with Crippen LogP contribution in [0.25, 0.3) is 0 Å². The van der Waals surface area contributed by atoms with Gasteiger partial charge in [-0.3, -0.25) is 4.79 Å². The van der Waals surface area contributed by atoms with Crippen LogP contribution in [0, 0.1) is 0 Å². The van der Waals surface area contributed by atoms with E-state index in [0.29, 0.717) is 12.8 Å². The number of urea groups is 1. The maximum atomic E-state index is 12.2. The smallest absolute Gasteiger partial charge is 0.318 e. The number of rotatable bonds is 4. The highest BCUT2D eigenvalue weighted by atomic mass is 16.4. The third kappa shape index (κ3) is 3.40. The van der Waals surface area contributed by atoms with Crippen molar-refractivity contribution in [3.63, 3.8) is 0 Å². The highest BCUT2D eigenvalue weighted by molar-refractivity contribution is 5.76. The molecule has 3 unspecified atom stereocenters. The number of aliphatic hydroxyl groups excluding tert-OH is 1. The Morgan fingerprint density at radius 1 is 1.30 bits per heavy atom. The molecule has 2 heterocycles. The van der Waals surface area contributed by atoms with Crippen LogP contribution in [0.5, 0.6) is 0 Å². The largest absolute Gasteiger partial charge is 0.481 e. The van der Waals surface area contributed by atoms with E-state index in [4.69, 9.17) is 5.11 Å². The molecule has 114 valence electrons. The Bertz CT molecular complexity index is 384. The monoisotopic (exact) mass is 286 g/mol. The number of carbonyl (C=O) groups excluding carboxylic acids is 1. The Kier molecular flexibility index (Phi) is 4.19. The molecule has 0 aromatic carbocycles. The minimum atomic E-state index is -1.46. The molecule has 0 aliphatic carbocycles. The molecule has 20 heavy (non-hydrogen) atoms. The number of carboxylic acids is 1. The number of carboxylic acid groups (broad SMARTS) is 1. The van der Waals surface area contributed by atoms with Gasteiger partial charge >= 0.3 is 12.0 Å². The summed E-state index contributed by atoms with van der Waals surface area (Å²) >= 11 is 0. The standard InChI is InChI=1S/C13H22N2O5/c1-13(20,6-11(17)18)7-14-12(19)15-8-2-3-9(15)5-10(16)4-8/h8-10,16,20H,2-7H2,1H3,(H,14,19)(H,17,18). The van der Waals surface area contributed by atoms with Gasteiger partial charge in [0.1, 0.15) is 0 Å². The third-order valence-electron chi connectivity index (χ3n) is 4.10. The number of amides is 2. The van der Waals surface area contributed by atoms with Crippen LogP contribution in [0.1, 0.15) is 39.0 Å². The number of fused-ring (bicyclic) bond motifs is 2. The predicted octanol–water partition coefficient (Wildman–Crippen LogP) is -0.0906. The molecule has 0 aromatic rings. The molecule has 2 fully saturated rings. The molecule has 7 heteroatoms. The first-order valence-electron chi connectivity index (χ1n) is 6.97. The van der Waals surface area contributed by atoms with Crippen LogP contribution < -0.4 is 5.32 Å². The van der Waals surface area contributed by atoms with Crippen molar-refractivity contribution in [3.8, 4) is 0 Å². The predicted molar refractivity (Wildman–Crippen MR) is 70.2 cm³/mol. The van der Waals surface area contributed by atoms with E-state index in [-0.39, 0.29) is 30.8 Å². The van der Waals surface area contributed by atoms with Gasteiger partial charge in [-0.15, -0.1) is 0 Å². The third-order valence-corrected chi connectivity index (χ3v) is 4.10. The first-order valence-corrected chi connectivity index (χ1v) is 6.97. The molecule has 2 amide bonds. The summed E-state index contributed by atoms with van der Waals surface area (Å²) in [4.78, 5) is 24.5. The molecule has 0 spiro atoms. The molecule has 2 aliphatic heterocycles. The van der Waals surface area contributed by atoms with Crippen LogP contribution in [0.15, 0.2) is 0 Å². The number of aliphatic carboxylic acids is 1. The summed E-state index contributed by atoms with van der Waals surface area (Å²) in [6.45, 7) is 1.28. The van der Waals surface area contributed by atoms with Gasteiger partial charge in [-0.25, -0.2) is 4.79 Å². The quantitative estimate of drug-likeness (QED) is 0.577. The molecule has 4 N–H and O–H groups in total. The van der Waals surface area contributed by atoms with Crippen molar-refractivity contribution in [2.45, 2.75) is 62.8 Å². The fourth-order valence-electron chi connectivity index (χ4n) is 3.23. The molecule has 2 bridgehead atoms. The van der Waals surface area contributed by atoms with Crippen molar-refractivity contribution in [1.82, 2.24) is 10.2 Å². The highest BCUT2D eigenvalue weighted by Crippen LogP contribution is 2.35. The van der Waals surface area contributed by atoms with Gasteiger partial charge < -0.3 is 25.5 Å². The molecule has 7 nitrogen and oxygen atoms in total. The second kappa shape index (κ2) is 5.57. The minimum Gasteiger partial charge on any atom is -0.481 e. The zero-order chi connectivity index (χ0) is 14.9. The number of piperidine rings is 1.